The second kappa shape index (κ2) is 5.27. The Morgan fingerprint density at radius 3 is 2.65 bits per heavy atom. The third-order valence-corrected chi connectivity index (χ3v) is 3.48. The summed E-state index contributed by atoms with van der Waals surface area (Å²) in [4.78, 5) is 0. The van der Waals surface area contributed by atoms with E-state index in [1.54, 1.807) is 0 Å². The topological polar surface area (TPSA) is 45.4 Å². The molecular weight excluding hydrogens is 250 g/mol. The van der Waals surface area contributed by atoms with Crippen LogP contribution in [0.1, 0.15) is 25.7 Å². The van der Waals surface area contributed by atoms with E-state index in [4.69, 9.17) is 4.42 Å². The van der Waals surface area contributed by atoms with Gasteiger partial charge in [-0.1, -0.05) is 50.2 Å². The Balaban J connectivity index is 2.00. The van der Waals surface area contributed by atoms with Crippen molar-refractivity contribution in [3.05, 3.63) is 48.2 Å². The fourth-order valence-electron chi connectivity index (χ4n) is 2.40. The number of aliphatic hydroxyl groups is 1. The van der Waals surface area contributed by atoms with Crippen LogP contribution >= 0.6 is 0 Å². The molecule has 20 heavy (non-hydrogen) atoms. The lowest BCUT2D eigenvalue weighted by Crippen LogP contribution is -2.27. The molecule has 0 aliphatic rings. The third-order valence-electron chi connectivity index (χ3n) is 3.48. The SMILES string of the molecule is CC(C)NCC(O)c1cc2ccc3ccccc3c2o1. The summed E-state index contributed by atoms with van der Waals surface area (Å²) >= 11 is 0. The van der Waals surface area contributed by atoms with Crippen molar-refractivity contribution in [1.82, 2.24) is 5.32 Å². The van der Waals surface area contributed by atoms with Gasteiger partial charge in [0.1, 0.15) is 17.4 Å². The maximum atomic E-state index is 10.2. The highest BCUT2D eigenvalue weighted by molar-refractivity contribution is 6.04. The number of benzene rings is 2. The molecule has 3 nitrogen and oxygen atoms in total. The van der Waals surface area contributed by atoms with Crippen molar-refractivity contribution in [2.75, 3.05) is 6.54 Å². The number of nitrogens with one attached hydrogen (secondary N) is 1. The Morgan fingerprint density at radius 1 is 1.10 bits per heavy atom. The van der Waals surface area contributed by atoms with E-state index in [1.165, 1.54) is 0 Å². The van der Waals surface area contributed by atoms with Gasteiger partial charge in [0.05, 0.1) is 0 Å². The molecule has 3 rings (SSSR count). The molecule has 3 aromatic rings. The second-order valence-electron chi connectivity index (χ2n) is 5.43. The van der Waals surface area contributed by atoms with Crippen LogP contribution in [0.5, 0.6) is 0 Å². The largest absolute Gasteiger partial charge is 0.458 e. The molecule has 2 aromatic carbocycles. The van der Waals surface area contributed by atoms with E-state index in [1.807, 2.05) is 30.3 Å². The molecule has 0 fully saturated rings. The average Bonchev–Trinajstić information content (AvgIpc) is 2.89. The van der Waals surface area contributed by atoms with Crippen molar-refractivity contribution in [2.45, 2.75) is 26.0 Å². The first kappa shape index (κ1) is 13.2. The van der Waals surface area contributed by atoms with E-state index in [0.29, 0.717) is 18.3 Å². The van der Waals surface area contributed by atoms with E-state index in [2.05, 4.69) is 31.3 Å². The third kappa shape index (κ3) is 2.42. The maximum absolute atomic E-state index is 10.2. The van der Waals surface area contributed by atoms with Gasteiger partial charge < -0.3 is 14.8 Å². The van der Waals surface area contributed by atoms with Crippen LogP contribution in [0.2, 0.25) is 0 Å². The molecule has 1 unspecified atom stereocenters. The Morgan fingerprint density at radius 2 is 1.85 bits per heavy atom. The maximum Gasteiger partial charge on any atom is 0.142 e. The quantitative estimate of drug-likeness (QED) is 0.760. The van der Waals surface area contributed by atoms with E-state index < -0.39 is 6.10 Å². The lowest BCUT2D eigenvalue weighted by atomic mass is 10.1. The number of fused-ring (bicyclic) bond motifs is 3. The predicted molar refractivity (Wildman–Crippen MR) is 81.8 cm³/mol. The molecule has 1 atom stereocenters. The van der Waals surface area contributed by atoms with Crippen LogP contribution in [0.4, 0.5) is 0 Å². The molecule has 0 amide bonds. The highest BCUT2D eigenvalue weighted by atomic mass is 16.4. The van der Waals surface area contributed by atoms with E-state index in [9.17, 15) is 5.11 Å². The predicted octanol–water partition coefficient (Wildman–Crippen LogP) is 3.62. The first-order valence-corrected chi connectivity index (χ1v) is 6.98. The zero-order chi connectivity index (χ0) is 14.1. The first-order chi connectivity index (χ1) is 9.65. The van der Waals surface area contributed by atoms with Crippen molar-refractivity contribution < 1.29 is 9.52 Å². The molecule has 0 saturated heterocycles. The standard InChI is InChI=1S/C17H19NO2/c1-11(2)18-10-15(19)16-9-13-8-7-12-5-3-4-6-14(12)17(13)20-16/h3-9,11,15,18-19H,10H2,1-2H3. The summed E-state index contributed by atoms with van der Waals surface area (Å²) in [6.45, 7) is 4.60. The first-order valence-electron chi connectivity index (χ1n) is 6.98. The second-order valence-corrected chi connectivity index (χ2v) is 5.43. The van der Waals surface area contributed by atoms with Gasteiger partial charge in [-0.05, 0) is 11.5 Å². The summed E-state index contributed by atoms with van der Waals surface area (Å²) < 4.78 is 5.89. The highest BCUT2D eigenvalue weighted by Crippen LogP contribution is 2.30. The summed E-state index contributed by atoms with van der Waals surface area (Å²) in [6.07, 6.45) is -0.622. The van der Waals surface area contributed by atoms with Gasteiger partial charge in [-0.25, -0.2) is 0 Å². The van der Waals surface area contributed by atoms with Gasteiger partial charge in [0, 0.05) is 23.4 Å². The summed E-state index contributed by atoms with van der Waals surface area (Å²) in [5, 5.41) is 16.7. The van der Waals surface area contributed by atoms with Gasteiger partial charge in [0.25, 0.3) is 0 Å². The van der Waals surface area contributed by atoms with Crippen molar-refractivity contribution >= 4 is 21.7 Å². The molecular formula is C17H19NO2. The average molecular weight is 269 g/mol. The van der Waals surface area contributed by atoms with Crippen molar-refractivity contribution in [1.29, 1.82) is 0 Å². The van der Waals surface area contributed by atoms with Crippen LogP contribution < -0.4 is 5.32 Å². The zero-order valence-electron chi connectivity index (χ0n) is 11.8. The van der Waals surface area contributed by atoms with Gasteiger partial charge in [0.15, 0.2) is 0 Å². The minimum atomic E-state index is -0.622. The fraction of sp³-hybridized carbons (Fsp3) is 0.294. The summed E-state index contributed by atoms with van der Waals surface area (Å²) in [5.74, 6) is 0.615. The molecule has 0 saturated carbocycles. The molecule has 0 aliphatic heterocycles. The number of furan rings is 1. The number of aliphatic hydroxyl groups excluding tert-OH is 1. The van der Waals surface area contributed by atoms with Crippen molar-refractivity contribution in [2.24, 2.45) is 0 Å². The van der Waals surface area contributed by atoms with E-state index in [0.717, 1.165) is 21.7 Å². The lowest BCUT2D eigenvalue weighted by molar-refractivity contribution is 0.147. The molecule has 0 aliphatic carbocycles. The van der Waals surface area contributed by atoms with Crippen LogP contribution in [-0.2, 0) is 0 Å². The summed E-state index contributed by atoms with van der Waals surface area (Å²) in [5.41, 5.74) is 0.849. The molecule has 3 heteroatoms. The molecule has 2 N–H and O–H groups in total. The van der Waals surface area contributed by atoms with Crippen LogP contribution in [0.15, 0.2) is 46.9 Å². The number of rotatable bonds is 4. The monoisotopic (exact) mass is 269 g/mol. The van der Waals surface area contributed by atoms with Crippen molar-refractivity contribution in [3.63, 3.8) is 0 Å². The molecule has 1 heterocycles. The summed E-state index contributed by atoms with van der Waals surface area (Å²) in [6, 6.07) is 14.5. The molecule has 0 bridgehead atoms. The van der Waals surface area contributed by atoms with Crippen LogP contribution in [0.25, 0.3) is 21.7 Å². The van der Waals surface area contributed by atoms with Crippen LogP contribution in [0, 0.1) is 0 Å². The Bertz CT molecular complexity index is 730. The van der Waals surface area contributed by atoms with E-state index >= 15 is 0 Å². The molecule has 0 radical (unpaired) electrons. The molecule has 104 valence electrons. The summed E-state index contributed by atoms with van der Waals surface area (Å²) in [7, 11) is 0. The number of hydrogen-bond acceptors (Lipinski definition) is 3. The number of hydrogen-bond donors (Lipinski definition) is 2. The fourth-order valence-corrected chi connectivity index (χ4v) is 2.40. The Hall–Kier alpha value is -1.84. The molecule has 0 spiro atoms. The molecule has 1 aromatic heterocycles. The van der Waals surface area contributed by atoms with E-state index in [-0.39, 0.29) is 0 Å². The van der Waals surface area contributed by atoms with Crippen molar-refractivity contribution in [3.8, 4) is 0 Å². The van der Waals surface area contributed by atoms with Gasteiger partial charge in [-0.3, -0.25) is 0 Å². The highest BCUT2D eigenvalue weighted by Gasteiger charge is 2.14. The minimum absolute atomic E-state index is 0.342. The smallest absolute Gasteiger partial charge is 0.142 e. The Labute approximate surface area is 118 Å². The Kier molecular flexibility index (Phi) is 3.47. The minimum Gasteiger partial charge on any atom is -0.458 e. The van der Waals surface area contributed by atoms with Gasteiger partial charge in [0.2, 0.25) is 0 Å². The van der Waals surface area contributed by atoms with Crippen LogP contribution in [-0.4, -0.2) is 17.7 Å². The van der Waals surface area contributed by atoms with Gasteiger partial charge in [-0.2, -0.15) is 0 Å². The van der Waals surface area contributed by atoms with Gasteiger partial charge in [-0.15, -0.1) is 0 Å². The van der Waals surface area contributed by atoms with Crippen LogP contribution in [0.3, 0.4) is 0 Å². The van der Waals surface area contributed by atoms with Gasteiger partial charge >= 0.3 is 0 Å². The zero-order valence-corrected chi connectivity index (χ0v) is 11.8. The lowest BCUT2D eigenvalue weighted by Gasteiger charge is -2.11. The normalized spacial score (nSPS) is 13.4.